The van der Waals surface area contributed by atoms with E-state index >= 15 is 0 Å². The second-order valence-electron chi connectivity index (χ2n) is 7.70. The third-order valence-electron chi connectivity index (χ3n) is 5.89. The maximum Gasteiger partial charge on any atom is 0.126 e. The van der Waals surface area contributed by atoms with E-state index in [1.54, 1.807) is 7.11 Å². The van der Waals surface area contributed by atoms with Crippen LogP contribution >= 0.6 is 0 Å². The first kappa shape index (κ1) is 18.8. The number of imidazole rings is 1. The molecule has 1 fully saturated rings. The Morgan fingerprint density at radius 2 is 1.71 bits per heavy atom. The van der Waals surface area contributed by atoms with Crippen molar-refractivity contribution in [1.29, 1.82) is 0 Å². The number of piperidine rings is 1. The van der Waals surface area contributed by atoms with Crippen LogP contribution in [-0.4, -0.2) is 34.7 Å². The summed E-state index contributed by atoms with van der Waals surface area (Å²) in [5, 5.41) is 0. The van der Waals surface area contributed by atoms with Gasteiger partial charge >= 0.3 is 0 Å². The molecule has 0 bridgehead atoms. The van der Waals surface area contributed by atoms with Crippen LogP contribution < -0.4 is 4.74 Å². The standard InChI is InChI=1S/C24H29N3O/c1-19-25-13-16-27(19)17-20-11-14-26(15-12-20)18-21-7-3-4-8-22(21)23-9-5-6-10-24(23)28-2/h3-10,13,16,20H,11-12,14-15,17-18H2,1-2H3. The van der Waals surface area contributed by atoms with Crippen LogP contribution in [0.15, 0.2) is 60.9 Å². The van der Waals surface area contributed by atoms with Crippen LogP contribution in [-0.2, 0) is 13.1 Å². The Hall–Kier alpha value is -2.59. The molecule has 146 valence electrons. The lowest BCUT2D eigenvalue weighted by Gasteiger charge is -2.32. The summed E-state index contributed by atoms with van der Waals surface area (Å²) in [7, 11) is 1.74. The Labute approximate surface area is 167 Å². The minimum absolute atomic E-state index is 0.744. The molecule has 0 amide bonds. The van der Waals surface area contributed by atoms with Crippen LogP contribution in [0.25, 0.3) is 11.1 Å². The maximum atomic E-state index is 5.60. The van der Waals surface area contributed by atoms with Gasteiger partial charge in [-0.2, -0.15) is 0 Å². The number of likely N-dealkylation sites (tertiary alicyclic amines) is 1. The summed E-state index contributed by atoms with van der Waals surface area (Å²) in [6, 6.07) is 17.0. The molecule has 0 atom stereocenters. The topological polar surface area (TPSA) is 30.3 Å². The van der Waals surface area contributed by atoms with Gasteiger partial charge in [-0.3, -0.25) is 4.90 Å². The predicted octanol–water partition coefficient (Wildman–Crippen LogP) is 4.78. The van der Waals surface area contributed by atoms with Gasteiger partial charge in [0.15, 0.2) is 0 Å². The number of methoxy groups -OCH3 is 1. The normalized spacial score (nSPS) is 15.6. The maximum absolute atomic E-state index is 5.60. The summed E-state index contributed by atoms with van der Waals surface area (Å²) in [6.45, 7) is 6.48. The van der Waals surface area contributed by atoms with Crippen LogP contribution in [0.5, 0.6) is 5.75 Å². The van der Waals surface area contributed by atoms with Gasteiger partial charge in [-0.05, 0) is 56.0 Å². The van der Waals surface area contributed by atoms with Crippen molar-refractivity contribution >= 4 is 0 Å². The Bertz CT molecular complexity index is 909. The molecule has 1 saturated heterocycles. The summed E-state index contributed by atoms with van der Waals surface area (Å²) in [4.78, 5) is 6.94. The first-order valence-corrected chi connectivity index (χ1v) is 10.2. The lowest BCUT2D eigenvalue weighted by atomic mass is 9.94. The molecule has 0 radical (unpaired) electrons. The highest BCUT2D eigenvalue weighted by Gasteiger charge is 2.21. The molecule has 1 aliphatic rings. The van der Waals surface area contributed by atoms with E-state index in [1.165, 1.54) is 29.5 Å². The molecule has 4 heteroatoms. The van der Waals surface area contributed by atoms with Gasteiger partial charge in [0.25, 0.3) is 0 Å². The Balaban J connectivity index is 1.43. The summed E-state index contributed by atoms with van der Waals surface area (Å²) in [6.07, 6.45) is 6.49. The van der Waals surface area contributed by atoms with Crippen molar-refractivity contribution in [2.45, 2.75) is 32.9 Å². The van der Waals surface area contributed by atoms with Crippen LogP contribution in [0.1, 0.15) is 24.2 Å². The molecule has 2 heterocycles. The number of hydrogen-bond acceptors (Lipinski definition) is 3. The lowest BCUT2D eigenvalue weighted by Crippen LogP contribution is -2.34. The largest absolute Gasteiger partial charge is 0.496 e. The van der Waals surface area contributed by atoms with Crippen molar-refractivity contribution in [2.24, 2.45) is 5.92 Å². The zero-order valence-corrected chi connectivity index (χ0v) is 16.8. The summed E-state index contributed by atoms with van der Waals surface area (Å²) in [5.41, 5.74) is 3.82. The number of para-hydroxylation sites is 1. The van der Waals surface area contributed by atoms with Crippen molar-refractivity contribution in [1.82, 2.24) is 14.5 Å². The van der Waals surface area contributed by atoms with Gasteiger partial charge < -0.3 is 9.30 Å². The van der Waals surface area contributed by atoms with E-state index in [1.807, 2.05) is 18.3 Å². The summed E-state index contributed by atoms with van der Waals surface area (Å²) in [5.74, 6) is 2.80. The molecule has 4 nitrogen and oxygen atoms in total. The zero-order valence-electron chi connectivity index (χ0n) is 16.8. The van der Waals surface area contributed by atoms with Crippen molar-refractivity contribution in [3.8, 4) is 16.9 Å². The summed E-state index contributed by atoms with van der Waals surface area (Å²) < 4.78 is 7.89. The van der Waals surface area contributed by atoms with Gasteiger partial charge in [0.2, 0.25) is 0 Å². The number of hydrogen-bond donors (Lipinski definition) is 0. The second-order valence-corrected chi connectivity index (χ2v) is 7.70. The fraction of sp³-hybridized carbons (Fsp3) is 0.375. The molecule has 3 aromatic rings. The molecular weight excluding hydrogens is 346 g/mol. The van der Waals surface area contributed by atoms with E-state index in [9.17, 15) is 0 Å². The molecule has 1 aliphatic heterocycles. The molecule has 0 N–H and O–H groups in total. The number of rotatable bonds is 6. The number of aromatic nitrogens is 2. The van der Waals surface area contributed by atoms with Gasteiger partial charge in [0.1, 0.15) is 11.6 Å². The van der Waals surface area contributed by atoms with E-state index in [4.69, 9.17) is 4.74 Å². The Morgan fingerprint density at radius 1 is 1.00 bits per heavy atom. The third-order valence-corrected chi connectivity index (χ3v) is 5.89. The van der Waals surface area contributed by atoms with Crippen LogP contribution in [0.4, 0.5) is 0 Å². The average molecular weight is 376 g/mol. The first-order valence-electron chi connectivity index (χ1n) is 10.2. The van der Waals surface area contributed by atoms with Gasteiger partial charge in [0.05, 0.1) is 7.11 Å². The van der Waals surface area contributed by atoms with Crippen LogP contribution in [0.3, 0.4) is 0 Å². The van der Waals surface area contributed by atoms with Gasteiger partial charge in [-0.25, -0.2) is 4.98 Å². The monoisotopic (exact) mass is 375 g/mol. The smallest absolute Gasteiger partial charge is 0.126 e. The van der Waals surface area contributed by atoms with Crippen molar-refractivity contribution in [3.05, 3.63) is 72.3 Å². The molecule has 0 saturated carbocycles. The number of benzene rings is 2. The lowest BCUT2D eigenvalue weighted by molar-refractivity contribution is 0.167. The number of nitrogens with zero attached hydrogens (tertiary/aromatic N) is 3. The fourth-order valence-corrected chi connectivity index (χ4v) is 4.23. The van der Waals surface area contributed by atoms with Crippen molar-refractivity contribution in [3.63, 3.8) is 0 Å². The van der Waals surface area contributed by atoms with Crippen molar-refractivity contribution in [2.75, 3.05) is 20.2 Å². The van der Waals surface area contributed by atoms with Crippen LogP contribution in [0, 0.1) is 12.8 Å². The van der Waals surface area contributed by atoms with E-state index < -0.39 is 0 Å². The minimum Gasteiger partial charge on any atom is -0.496 e. The van der Waals surface area contributed by atoms with E-state index in [0.29, 0.717) is 0 Å². The van der Waals surface area contributed by atoms with Crippen LogP contribution in [0.2, 0.25) is 0 Å². The van der Waals surface area contributed by atoms with Crippen molar-refractivity contribution < 1.29 is 4.74 Å². The fourth-order valence-electron chi connectivity index (χ4n) is 4.23. The molecule has 0 spiro atoms. The van der Waals surface area contributed by atoms with E-state index in [2.05, 4.69) is 64.0 Å². The number of ether oxygens (including phenoxy) is 1. The molecule has 2 aromatic carbocycles. The summed E-state index contributed by atoms with van der Waals surface area (Å²) >= 11 is 0. The van der Waals surface area contributed by atoms with Gasteiger partial charge in [0, 0.05) is 31.0 Å². The Kier molecular flexibility index (Phi) is 5.77. The number of aryl methyl sites for hydroxylation is 1. The highest BCUT2D eigenvalue weighted by molar-refractivity contribution is 5.73. The average Bonchev–Trinajstić information content (AvgIpc) is 3.14. The highest BCUT2D eigenvalue weighted by Crippen LogP contribution is 2.33. The third kappa shape index (κ3) is 4.12. The second kappa shape index (κ2) is 8.61. The highest BCUT2D eigenvalue weighted by atomic mass is 16.5. The molecule has 0 aliphatic carbocycles. The van der Waals surface area contributed by atoms with E-state index in [-0.39, 0.29) is 0 Å². The molecule has 4 rings (SSSR count). The molecular formula is C24H29N3O. The molecule has 28 heavy (non-hydrogen) atoms. The minimum atomic E-state index is 0.744. The van der Waals surface area contributed by atoms with Gasteiger partial charge in [-0.1, -0.05) is 42.5 Å². The Morgan fingerprint density at radius 3 is 2.43 bits per heavy atom. The van der Waals surface area contributed by atoms with Gasteiger partial charge in [-0.15, -0.1) is 0 Å². The molecule has 1 aromatic heterocycles. The first-order chi connectivity index (χ1) is 13.7. The quantitative estimate of drug-likeness (QED) is 0.621. The SMILES string of the molecule is COc1ccccc1-c1ccccc1CN1CCC(Cn2ccnc2C)CC1. The molecule has 0 unspecified atom stereocenters. The van der Waals surface area contributed by atoms with E-state index in [0.717, 1.165) is 43.7 Å². The predicted molar refractivity (Wildman–Crippen MR) is 113 cm³/mol. The zero-order chi connectivity index (χ0) is 19.3.